The highest BCUT2D eigenvalue weighted by molar-refractivity contribution is 5.78. The lowest BCUT2D eigenvalue weighted by Crippen LogP contribution is -2.47. The largest absolute Gasteiger partial charge is 0.388 e. The Bertz CT molecular complexity index is 540. The van der Waals surface area contributed by atoms with Crippen molar-refractivity contribution < 1.29 is 9.90 Å². The van der Waals surface area contributed by atoms with E-state index in [1.807, 2.05) is 30.3 Å². The number of likely N-dealkylation sites (tertiary alicyclic amines) is 1. The Morgan fingerprint density at radius 1 is 1.16 bits per heavy atom. The fraction of sp³-hybridized carbons (Fsp3) is 0.667. The van der Waals surface area contributed by atoms with Gasteiger partial charge in [-0.15, -0.1) is 0 Å². The van der Waals surface area contributed by atoms with E-state index < -0.39 is 0 Å². The number of rotatable bonds is 5. The molecule has 1 aromatic carbocycles. The van der Waals surface area contributed by atoms with Gasteiger partial charge < -0.3 is 10.4 Å². The molecule has 0 aromatic heterocycles. The summed E-state index contributed by atoms with van der Waals surface area (Å²) in [5, 5.41) is 13.8. The van der Waals surface area contributed by atoms with Crippen LogP contribution in [0.2, 0.25) is 0 Å². The van der Waals surface area contributed by atoms with Crippen LogP contribution in [0.5, 0.6) is 0 Å². The van der Waals surface area contributed by atoms with Gasteiger partial charge in [-0.2, -0.15) is 0 Å². The summed E-state index contributed by atoms with van der Waals surface area (Å²) < 4.78 is 0. The first-order valence-corrected chi connectivity index (χ1v) is 9.88. The number of aliphatic hydroxyl groups is 1. The summed E-state index contributed by atoms with van der Waals surface area (Å²) in [6.07, 6.45) is 6.39. The zero-order chi connectivity index (χ0) is 17.6. The van der Waals surface area contributed by atoms with Crippen LogP contribution in [-0.2, 0) is 4.79 Å². The molecule has 4 nitrogen and oxygen atoms in total. The second-order valence-corrected chi connectivity index (χ2v) is 7.90. The lowest BCUT2D eigenvalue weighted by Gasteiger charge is -2.35. The number of aliphatic hydroxyl groups excluding tert-OH is 1. The van der Waals surface area contributed by atoms with Crippen molar-refractivity contribution in [2.45, 2.75) is 57.6 Å². The second kappa shape index (κ2) is 8.81. The zero-order valence-electron chi connectivity index (χ0n) is 15.4. The van der Waals surface area contributed by atoms with Crippen LogP contribution < -0.4 is 5.32 Å². The first-order chi connectivity index (χ1) is 12.1. The lowest BCUT2D eigenvalue weighted by atomic mass is 9.86. The fourth-order valence-corrected chi connectivity index (χ4v) is 4.34. The molecule has 25 heavy (non-hydrogen) atoms. The molecule has 1 amide bonds. The second-order valence-electron chi connectivity index (χ2n) is 7.90. The number of nitrogens with one attached hydrogen (secondary N) is 1. The maximum absolute atomic E-state index is 12.4. The molecule has 1 aromatic rings. The summed E-state index contributed by atoms with van der Waals surface area (Å²) in [5.41, 5.74) is 1.00. The molecule has 3 atom stereocenters. The van der Waals surface area contributed by atoms with Gasteiger partial charge in [0.1, 0.15) is 0 Å². The minimum atomic E-state index is -0.389. The molecule has 1 saturated carbocycles. The first-order valence-electron chi connectivity index (χ1n) is 9.88. The molecule has 2 fully saturated rings. The van der Waals surface area contributed by atoms with Gasteiger partial charge >= 0.3 is 0 Å². The number of hydrogen-bond donors (Lipinski definition) is 2. The number of carbonyl (C=O) groups is 1. The van der Waals surface area contributed by atoms with Gasteiger partial charge in [0.2, 0.25) is 5.91 Å². The molecule has 1 aliphatic carbocycles. The van der Waals surface area contributed by atoms with Crippen LogP contribution in [-0.4, -0.2) is 41.6 Å². The van der Waals surface area contributed by atoms with Crippen LogP contribution in [0.25, 0.3) is 0 Å². The summed E-state index contributed by atoms with van der Waals surface area (Å²) in [7, 11) is 0. The molecule has 1 heterocycles. The highest BCUT2D eigenvalue weighted by Gasteiger charge is 2.28. The predicted molar refractivity (Wildman–Crippen MR) is 100 cm³/mol. The third-order valence-electron chi connectivity index (χ3n) is 6.04. The lowest BCUT2D eigenvalue weighted by molar-refractivity contribution is -0.124. The van der Waals surface area contributed by atoms with E-state index in [0.717, 1.165) is 37.9 Å². The van der Waals surface area contributed by atoms with E-state index in [9.17, 15) is 9.90 Å². The average Bonchev–Trinajstić information content (AvgIpc) is 2.64. The molecule has 1 aliphatic heterocycles. The Balaban J connectivity index is 1.42. The molecule has 138 valence electrons. The number of piperidine rings is 1. The number of benzene rings is 1. The van der Waals surface area contributed by atoms with Crippen LogP contribution >= 0.6 is 0 Å². The van der Waals surface area contributed by atoms with Crippen molar-refractivity contribution in [3.8, 4) is 0 Å². The predicted octanol–water partition coefficient (Wildman–Crippen LogP) is 3.13. The van der Waals surface area contributed by atoms with Gasteiger partial charge in [-0.05, 0) is 56.2 Å². The molecule has 0 unspecified atom stereocenters. The maximum atomic E-state index is 12.4. The third-order valence-corrected chi connectivity index (χ3v) is 6.04. The first kappa shape index (κ1) is 18.4. The maximum Gasteiger partial charge on any atom is 0.234 e. The standard InChI is InChI=1S/C21H32N2O2/c1-16-7-5-6-10-19(16)22-20(24)15-23-13-11-18(12-14-23)21(25)17-8-3-2-4-9-17/h2-4,8-9,16,18-19,21,25H,5-7,10-15H2,1H3,(H,22,24)/t16-,19-,21+/m1/s1. The van der Waals surface area contributed by atoms with Gasteiger partial charge in [0, 0.05) is 6.04 Å². The molecular weight excluding hydrogens is 312 g/mol. The van der Waals surface area contributed by atoms with Crippen molar-refractivity contribution in [3.05, 3.63) is 35.9 Å². The summed E-state index contributed by atoms with van der Waals surface area (Å²) >= 11 is 0. The van der Waals surface area contributed by atoms with Gasteiger partial charge in [0.05, 0.1) is 12.6 Å². The van der Waals surface area contributed by atoms with E-state index in [4.69, 9.17) is 0 Å². The van der Waals surface area contributed by atoms with Gasteiger partial charge in [0.25, 0.3) is 0 Å². The van der Waals surface area contributed by atoms with Crippen molar-refractivity contribution in [1.82, 2.24) is 10.2 Å². The molecule has 2 aliphatic rings. The normalized spacial score (nSPS) is 27.0. The Kier molecular flexibility index (Phi) is 6.49. The van der Waals surface area contributed by atoms with Crippen molar-refractivity contribution in [1.29, 1.82) is 0 Å². The minimum Gasteiger partial charge on any atom is -0.388 e. The van der Waals surface area contributed by atoms with E-state index in [2.05, 4.69) is 17.1 Å². The van der Waals surface area contributed by atoms with E-state index in [-0.39, 0.29) is 12.0 Å². The molecule has 3 rings (SSSR count). The monoisotopic (exact) mass is 344 g/mol. The van der Waals surface area contributed by atoms with E-state index in [1.54, 1.807) is 0 Å². The Labute approximate surface area is 151 Å². The van der Waals surface area contributed by atoms with Gasteiger partial charge in [-0.3, -0.25) is 9.69 Å². The summed E-state index contributed by atoms with van der Waals surface area (Å²) in [6.45, 7) is 4.53. The smallest absolute Gasteiger partial charge is 0.234 e. The number of carbonyl (C=O) groups excluding carboxylic acids is 1. The number of nitrogens with zero attached hydrogens (tertiary/aromatic N) is 1. The van der Waals surface area contributed by atoms with Crippen LogP contribution in [0.3, 0.4) is 0 Å². The van der Waals surface area contributed by atoms with Gasteiger partial charge in [-0.25, -0.2) is 0 Å². The zero-order valence-corrected chi connectivity index (χ0v) is 15.4. The third kappa shape index (κ3) is 5.05. The van der Waals surface area contributed by atoms with Crippen molar-refractivity contribution >= 4 is 5.91 Å². The van der Waals surface area contributed by atoms with Gasteiger partial charge in [-0.1, -0.05) is 50.1 Å². The van der Waals surface area contributed by atoms with Gasteiger partial charge in [0.15, 0.2) is 0 Å². The Morgan fingerprint density at radius 3 is 2.52 bits per heavy atom. The molecule has 0 spiro atoms. The Hall–Kier alpha value is -1.39. The quantitative estimate of drug-likeness (QED) is 0.863. The van der Waals surface area contributed by atoms with Crippen molar-refractivity contribution in [3.63, 3.8) is 0 Å². The SMILES string of the molecule is C[C@@H]1CCCC[C@H]1NC(=O)CN1CCC([C@@H](O)c2ccccc2)CC1. The number of amides is 1. The van der Waals surface area contributed by atoms with Crippen molar-refractivity contribution in [2.75, 3.05) is 19.6 Å². The average molecular weight is 344 g/mol. The highest BCUT2D eigenvalue weighted by Crippen LogP contribution is 2.30. The molecular formula is C21H32N2O2. The molecule has 2 N–H and O–H groups in total. The molecule has 4 heteroatoms. The van der Waals surface area contributed by atoms with E-state index in [1.165, 1.54) is 19.3 Å². The van der Waals surface area contributed by atoms with E-state index in [0.29, 0.717) is 24.4 Å². The highest BCUT2D eigenvalue weighted by atomic mass is 16.3. The van der Waals surface area contributed by atoms with Crippen LogP contribution in [0.15, 0.2) is 30.3 Å². The summed E-state index contributed by atoms with van der Waals surface area (Å²) in [5.74, 6) is 1.06. The summed E-state index contributed by atoms with van der Waals surface area (Å²) in [6, 6.07) is 10.3. The van der Waals surface area contributed by atoms with E-state index >= 15 is 0 Å². The molecule has 0 radical (unpaired) electrons. The molecule has 1 saturated heterocycles. The van der Waals surface area contributed by atoms with Crippen molar-refractivity contribution in [2.24, 2.45) is 11.8 Å². The van der Waals surface area contributed by atoms with Crippen LogP contribution in [0.1, 0.15) is 57.1 Å². The van der Waals surface area contributed by atoms with Crippen LogP contribution in [0.4, 0.5) is 0 Å². The fourth-order valence-electron chi connectivity index (χ4n) is 4.34. The number of hydrogen-bond acceptors (Lipinski definition) is 3. The van der Waals surface area contributed by atoms with Crippen LogP contribution in [0, 0.1) is 11.8 Å². The summed E-state index contributed by atoms with van der Waals surface area (Å²) in [4.78, 5) is 14.6. The topological polar surface area (TPSA) is 52.6 Å². The molecule has 0 bridgehead atoms. The Morgan fingerprint density at radius 2 is 1.84 bits per heavy atom. The minimum absolute atomic E-state index is 0.167.